The molecule has 5 heteroatoms. The van der Waals surface area contributed by atoms with Crippen LogP contribution in [0.3, 0.4) is 0 Å². The SMILES string of the molecule is CCOc1ccc(CCNC(=O)c2cc(C)n(C3CC3)c2C)cc1OCC. The maximum atomic E-state index is 12.6. The summed E-state index contributed by atoms with van der Waals surface area (Å²) in [6.07, 6.45) is 3.19. The Morgan fingerprint density at radius 2 is 1.81 bits per heavy atom. The van der Waals surface area contributed by atoms with Gasteiger partial charge >= 0.3 is 0 Å². The fourth-order valence-electron chi connectivity index (χ4n) is 3.57. The molecule has 1 saturated carbocycles. The minimum Gasteiger partial charge on any atom is -0.490 e. The van der Waals surface area contributed by atoms with Crippen LogP contribution in [0.15, 0.2) is 24.3 Å². The Balaban J connectivity index is 1.60. The van der Waals surface area contributed by atoms with E-state index < -0.39 is 0 Å². The van der Waals surface area contributed by atoms with E-state index in [-0.39, 0.29) is 5.91 Å². The van der Waals surface area contributed by atoms with Crippen molar-refractivity contribution in [2.75, 3.05) is 19.8 Å². The predicted molar refractivity (Wildman–Crippen MR) is 107 cm³/mol. The molecule has 5 nitrogen and oxygen atoms in total. The van der Waals surface area contributed by atoms with Crippen LogP contribution >= 0.6 is 0 Å². The first-order chi connectivity index (χ1) is 13.0. The topological polar surface area (TPSA) is 52.5 Å². The van der Waals surface area contributed by atoms with Crippen LogP contribution < -0.4 is 14.8 Å². The van der Waals surface area contributed by atoms with Gasteiger partial charge in [-0.2, -0.15) is 0 Å². The van der Waals surface area contributed by atoms with Gasteiger partial charge in [0.05, 0.1) is 18.8 Å². The lowest BCUT2D eigenvalue weighted by atomic mass is 10.1. The minimum atomic E-state index is 0.00553. The molecule has 0 atom stereocenters. The lowest BCUT2D eigenvalue weighted by Gasteiger charge is -2.13. The molecule has 1 aromatic heterocycles. The number of rotatable bonds is 9. The molecule has 0 unspecified atom stereocenters. The number of carbonyl (C=O) groups excluding carboxylic acids is 1. The van der Waals surface area contributed by atoms with Crippen molar-refractivity contribution < 1.29 is 14.3 Å². The Hall–Kier alpha value is -2.43. The Labute approximate surface area is 161 Å². The van der Waals surface area contributed by atoms with Crippen molar-refractivity contribution in [2.45, 2.75) is 53.0 Å². The van der Waals surface area contributed by atoms with Gasteiger partial charge in [-0.05, 0) is 70.7 Å². The molecule has 1 N–H and O–H groups in total. The molecule has 1 aromatic carbocycles. The highest BCUT2D eigenvalue weighted by Gasteiger charge is 2.28. The Morgan fingerprint density at radius 1 is 1.11 bits per heavy atom. The van der Waals surface area contributed by atoms with E-state index in [1.54, 1.807) is 0 Å². The maximum Gasteiger partial charge on any atom is 0.253 e. The van der Waals surface area contributed by atoms with Crippen LogP contribution in [-0.4, -0.2) is 30.2 Å². The molecule has 0 aliphatic heterocycles. The number of hydrogen-bond acceptors (Lipinski definition) is 3. The first-order valence-electron chi connectivity index (χ1n) is 9.90. The molecule has 1 aliphatic rings. The third-order valence-electron chi connectivity index (χ3n) is 4.95. The summed E-state index contributed by atoms with van der Waals surface area (Å²) in [5, 5.41) is 3.06. The minimum absolute atomic E-state index is 0.00553. The van der Waals surface area contributed by atoms with Crippen LogP contribution in [0, 0.1) is 13.8 Å². The normalized spacial score (nSPS) is 13.5. The van der Waals surface area contributed by atoms with Gasteiger partial charge in [-0.1, -0.05) is 6.07 Å². The number of hydrogen-bond donors (Lipinski definition) is 1. The average Bonchev–Trinajstić information content (AvgIpc) is 3.42. The monoisotopic (exact) mass is 370 g/mol. The van der Waals surface area contributed by atoms with Gasteiger partial charge in [0.2, 0.25) is 0 Å². The van der Waals surface area contributed by atoms with Gasteiger partial charge in [0.1, 0.15) is 0 Å². The zero-order valence-electron chi connectivity index (χ0n) is 16.8. The molecule has 0 radical (unpaired) electrons. The van der Waals surface area contributed by atoms with Crippen LogP contribution in [0.4, 0.5) is 0 Å². The summed E-state index contributed by atoms with van der Waals surface area (Å²) in [5.41, 5.74) is 4.16. The first-order valence-corrected chi connectivity index (χ1v) is 9.90. The van der Waals surface area contributed by atoms with E-state index in [0.29, 0.717) is 25.8 Å². The highest BCUT2D eigenvalue weighted by Crippen LogP contribution is 2.38. The number of nitrogens with one attached hydrogen (secondary N) is 1. The summed E-state index contributed by atoms with van der Waals surface area (Å²) in [6, 6.07) is 8.56. The van der Waals surface area contributed by atoms with Crippen molar-refractivity contribution in [3.8, 4) is 11.5 Å². The second-order valence-electron chi connectivity index (χ2n) is 7.04. The van der Waals surface area contributed by atoms with Gasteiger partial charge < -0.3 is 19.4 Å². The molecule has 146 valence electrons. The van der Waals surface area contributed by atoms with Crippen LogP contribution in [0.5, 0.6) is 11.5 Å². The van der Waals surface area contributed by atoms with E-state index in [1.165, 1.54) is 18.5 Å². The number of carbonyl (C=O) groups is 1. The second-order valence-corrected chi connectivity index (χ2v) is 7.04. The van der Waals surface area contributed by atoms with Crippen LogP contribution in [0.25, 0.3) is 0 Å². The maximum absolute atomic E-state index is 12.6. The van der Waals surface area contributed by atoms with Gasteiger partial charge in [0, 0.05) is 24.0 Å². The van der Waals surface area contributed by atoms with Crippen LogP contribution in [0.1, 0.15) is 60.0 Å². The average molecular weight is 370 g/mol. The van der Waals surface area contributed by atoms with Crippen molar-refractivity contribution in [1.29, 1.82) is 0 Å². The van der Waals surface area contributed by atoms with Crippen LogP contribution in [-0.2, 0) is 6.42 Å². The third-order valence-corrected chi connectivity index (χ3v) is 4.95. The molecular weight excluding hydrogens is 340 g/mol. The molecule has 2 aromatic rings. The molecule has 0 spiro atoms. The Kier molecular flexibility index (Phi) is 6.09. The molecule has 1 fully saturated rings. The lowest BCUT2D eigenvalue weighted by molar-refractivity contribution is 0.0953. The first kappa shape index (κ1) is 19.3. The Morgan fingerprint density at radius 3 is 2.48 bits per heavy atom. The molecule has 1 amide bonds. The molecule has 1 heterocycles. The summed E-state index contributed by atoms with van der Waals surface area (Å²) in [6.45, 7) is 9.83. The summed E-state index contributed by atoms with van der Waals surface area (Å²) in [7, 11) is 0. The summed E-state index contributed by atoms with van der Waals surface area (Å²) in [5.74, 6) is 1.53. The summed E-state index contributed by atoms with van der Waals surface area (Å²) < 4.78 is 13.6. The fourth-order valence-corrected chi connectivity index (χ4v) is 3.57. The molecule has 0 saturated heterocycles. The van der Waals surface area contributed by atoms with Crippen molar-refractivity contribution in [1.82, 2.24) is 9.88 Å². The molecule has 0 bridgehead atoms. The summed E-state index contributed by atoms with van der Waals surface area (Å²) >= 11 is 0. The lowest BCUT2D eigenvalue weighted by Crippen LogP contribution is -2.26. The summed E-state index contributed by atoms with van der Waals surface area (Å²) in [4.78, 5) is 12.6. The largest absolute Gasteiger partial charge is 0.490 e. The quantitative estimate of drug-likeness (QED) is 0.719. The molecular formula is C22H30N2O3. The number of amides is 1. The van der Waals surface area contributed by atoms with Gasteiger partial charge in [0.25, 0.3) is 5.91 Å². The van der Waals surface area contributed by atoms with Gasteiger partial charge in [-0.25, -0.2) is 0 Å². The van der Waals surface area contributed by atoms with Crippen LogP contribution in [0.2, 0.25) is 0 Å². The third kappa shape index (κ3) is 4.46. The fraction of sp³-hybridized carbons (Fsp3) is 0.500. The van der Waals surface area contributed by atoms with E-state index in [4.69, 9.17) is 9.47 Å². The number of nitrogens with zero attached hydrogens (tertiary/aromatic N) is 1. The van der Waals surface area contributed by atoms with E-state index in [0.717, 1.165) is 34.7 Å². The van der Waals surface area contributed by atoms with Gasteiger partial charge in [0.15, 0.2) is 11.5 Å². The van der Waals surface area contributed by atoms with E-state index in [2.05, 4.69) is 16.8 Å². The zero-order valence-corrected chi connectivity index (χ0v) is 16.8. The van der Waals surface area contributed by atoms with Crippen molar-refractivity contribution in [3.05, 3.63) is 46.8 Å². The van der Waals surface area contributed by atoms with E-state index >= 15 is 0 Å². The number of aryl methyl sites for hydroxylation is 1. The van der Waals surface area contributed by atoms with Crippen molar-refractivity contribution >= 4 is 5.91 Å². The van der Waals surface area contributed by atoms with E-state index in [9.17, 15) is 4.79 Å². The highest BCUT2D eigenvalue weighted by atomic mass is 16.5. The number of aromatic nitrogens is 1. The molecule has 27 heavy (non-hydrogen) atoms. The molecule has 1 aliphatic carbocycles. The predicted octanol–water partition coefficient (Wildman–Crippen LogP) is 4.21. The van der Waals surface area contributed by atoms with Crippen molar-refractivity contribution in [2.24, 2.45) is 0 Å². The molecule has 3 rings (SSSR count). The Bertz CT molecular complexity index is 806. The standard InChI is InChI=1S/C22H30N2O3/c1-5-26-20-10-7-17(14-21(20)27-6-2)11-12-23-22(25)19-13-15(3)24(16(19)4)18-8-9-18/h7,10,13-14,18H,5-6,8-9,11-12H2,1-4H3,(H,23,25). The second kappa shape index (κ2) is 8.51. The smallest absolute Gasteiger partial charge is 0.253 e. The van der Waals surface area contributed by atoms with Gasteiger partial charge in [-0.15, -0.1) is 0 Å². The zero-order chi connectivity index (χ0) is 19.4. The number of ether oxygens (including phenoxy) is 2. The highest BCUT2D eigenvalue weighted by molar-refractivity contribution is 5.95. The van der Waals surface area contributed by atoms with Crippen molar-refractivity contribution in [3.63, 3.8) is 0 Å². The van der Waals surface area contributed by atoms with E-state index in [1.807, 2.05) is 45.0 Å². The number of benzene rings is 1. The van der Waals surface area contributed by atoms with Gasteiger partial charge in [-0.3, -0.25) is 4.79 Å².